The van der Waals surface area contributed by atoms with E-state index in [4.69, 9.17) is 16.3 Å². The van der Waals surface area contributed by atoms with Gasteiger partial charge in [0.15, 0.2) is 6.61 Å². The summed E-state index contributed by atoms with van der Waals surface area (Å²) in [6.45, 7) is 3.69. The van der Waals surface area contributed by atoms with Crippen LogP contribution in [0.25, 0.3) is 0 Å². The van der Waals surface area contributed by atoms with Crippen LogP contribution in [-0.4, -0.2) is 31.6 Å². The lowest BCUT2D eigenvalue weighted by Gasteiger charge is -2.13. The van der Waals surface area contributed by atoms with Gasteiger partial charge in [-0.05, 0) is 32.0 Å². The van der Waals surface area contributed by atoms with Crippen molar-refractivity contribution in [1.29, 1.82) is 0 Å². The van der Waals surface area contributed by atoms with Gasteiger partial charge in [0.25, 0.3) is 5.91 Å². The van der Waals surface area contributed by atoms with Gasteiger partial charge in [-0.3, -0.25) is 4.79 Å². The number of nitrogens with one attached hydrogen (secondary N) is 2. The van der Waals surface area contributed by atoms with Gasteiger partial charge in [0, 0.05) is 23.2 Å². The number of hydrogen-bond donors (Lipinski definition) is 2. The second kappa shape index (κ2) is 7.58. The first-order chi connectivity index (χ1) is 8.66. The molecule has 6 heteroatoms. The Kier molecular flexibility index (Phi) is 6.42. The molecule has 4 nitrogen and oxygen atoms in total. The zero-order chi connectivity index (χ0) is 13.0. The Bertz CT molecular complexity index is 435. The van der Waals surface area contributed by atoms with Gasteiger partial charge in [-0.1, -0.05) is 17.7 Å². The summed E-state index contributed by atoms with van der Waals surface area (Å²) in [5.41, 5.74) is 0.856. The molecular formula is C13H18Cl2N2O2. The molecule has 1 unspecified atom stereocenters. The second-order valence-electron chi connectivity index (χ2n) is 4.41. The molecule has 19 heavy (non-hydrogen) atoms. The molecule has 2 N–H and O–H groups in total. The Morgan fingerprint density at radius 3 is 3.05 bits per heavy atom. The van der Waals surface area contributed by atoms with Crippen LogP contribution in [0.2, 0.25) is 5.02 Å². The lowest BCUT2D eigenvalue weighted by molar-refractivity contribution is -0.123. The van der Waals surface area contributed by atoms with E-state index in [1.165, 1.54) is 0 Å². The van der Waals surface area contributed by atoms with E-state index in [0.29, 0.717) is 10.8 Å². The average Bonchev–Trinajstić information content (AvgIpc) is 2.84. The van der Waals surface area contributed by atoms with Crippen molar-refractivity contribution >= 4 is 29.9 Å². The average molecular weight is 305 g/mol. The predicted octanol–water partition coefficient (Wildman–Crippen LogP) is 1.93. The van der Waals surface area contributed by atoms with E-state index in [1.807, 2.05) is 19.1 Å². The van der Waals surface area contributed by atoms with Crippen LogP contribution in [0.5, 0.6) is 5.75 Å². The first kappa shape index (κ1) is 16.1. The zero-order valence-electron chi connectivity index (χ0n) is 10.7. The number of amides is 1. The third kappa shape index (κ3) is 4.56. The molecule has 1 aliphatic heterocycles. The summed E-state index contributed by atoms with van der Waals surface area (Å²) in [6.07, 6.45) is 0.974. The van der Waals surface area contributed by atoms with E-state index >= 15 is 0 Å². The molecule has 0 radical (unpaired) electrons. The summed E-state index contributed by atoms with van der Waals surface area (Å²) in [4.78, 5) is 11.7. The molecule has 0 aromatic heterocycles. The molecule has 1 fully saturated rings. The number of ether oxygens (including phenoxy) is 1. The first-order valence-electron chi connectivity index (χ1n) is 6.05. The third-order valence-electron chi connectivity index (χ3n) is 3.00. The Balaban J connectivity index is 0.00000180. The minimum Gasteiger partial charge on any atom is -0.483 e. The van der Waals surface area contributed by atoms with Gasteiger partial charge in [0.05, 0.1) is 0 Å². The normalized spacial score (nSPS) is 17.7. The van der Waals surface area contributed by atoms with Crippen LogP contribution in [0, 0.1) is 6.92 Å². The summed E-state index contributed by atoms with van der Waals surface area (Å²) in [5.74, 6) is 0.560. The molecule has 1 atom stereocenters. The number of carbonyl (C=O) groups is 1. The van der Waals surface area contributed by atoms with Gasteiger partial charge >= 0.3 is 0 Å². The van der Waals surface area contributed by atoms with Gasteiger partial charge in [0.2, 0.25) is 0 Å². The highest BCUT2D eigenvalue weighted by Crippen LogP contribution is 2.24. The quantitative estimate of drug-likeness (QED) is 0.893. The molecule has 1 aromatic rings. The van der Waals surface area contributed by atoms with Crippen molar-refractivity contribution in [3.8, 4) is 5.75 Å². The third-order valence-corrected chi connectivity index (χ3v) is 3.41. The van der Waals surface area contributed by atoms with Gasteiger partial charge in [0.1, 0.15) is 5.75 Å². The minimum atomic E-state index is -0.0944. The fourth-order valence-corrected chi connectivity index (χ4v) is 2.10. The van der Waals surface area contributed by atoms with Gasteiger partial charge in [-0.2, -0.15) is 0 Å². The van der Waals surface area contributed by atoms with Crippen molar-refractivity contribution in [3.05, 3.63) is 28.8 Å². The SMILES string of the molecule is Cc1c(Cl)cccc1OCC(=O)NC1CCNC1.Cl. The van der Waals surface area contributed by atoms with Crippen molar-refractivity contribution in [1.82, 2.24) is 10.6 Å². The van der Waals surface area contributed by atoms with Crippen molar-refractivity contribution in [2.75, 3.05) is 19.7 Å². The Morgan fingerprint density at radius 2 is 2.37 bits per heavy atom. The molecule has 1 amide bonds. The van der Waals surface area contributed by atoms with Crippen LogP contribution in [0.1, 0.15) is 12.0 Å². The minimum absolute atomic E-state index is 0. The van der Waals surface area contributed by atoms with E-state index < -0.39 is 0 Å². The summed E-state index contributed by atoms with van der Waals surface area (Å²) < 4.78 is 5.47. The number of rotatable bonds is 4. The van der Waals surface area contributed by atoms with E-state index in [-0.39, 0.29) is 31.0 Å². The van der Waals surface area contributed by atoms with Crippen LogP contribution in [0.15, 0.2) is 18.2 Å². The van der Waals surface area contributed by atoms with E-state index in [1.54, 1.807) is 6.07 Å². The van der Waals surface area contributed by atoms with Crippen molar-refractivity contribution < 1.29 is 9.53 Å². The van der Waals surface area contributed by atoms with Crippen LogP contribution >= 0.6 is 24.0 Å². The highest BCUT2D eigenvalue weighted by atomic mass is 35.5. The molecular weight excluding hydrogens is 287 g/mol. The smallest absolute Gasteiger partial charge is 0.258 e. The molecule has 106 valence electrons. The lowest BCUT2D eigenvalue weighted by atomic mass is 10.2. The van der Waals surface area contributed by atoms with Crippen LogP contribution in [0.3, 0.4) is 0 Å². The zero-order valence-corrected chi connectivity index (χ0v) is 12.3. The second-order valence-corrected chi connectivity index (χ2v) is 4.82. The summed E-state index contributed by atoms with van der Waals surface area (Å²) in [6, 6.07) is 5.64. The molecule has 2 rings (SSSR count). The maximum atomic E-state index is 11.7. The standard InChI is InChI=1S/C13H17ClN2O2.ClH/c1-9-11(14)3-2-4-12(9)18-8-13(17)16-10-5-6-15-7-10;/h2-4,10,15H,5-8H2,1H3,(H,16,17);1H. The number of carbonyl (C=O) groups excluding carboxylic acids is 1. The van der Waals surface area contributed by atoms with E-state index in [2.05, 4.69) is 10.6 Å². The van der Waals surface area contributed by atoms with Crippen LogP contribution in [0.4, 0.5) is 0 Å². The number of benzene rings is 1. The fourth-order valence-electron chi connectivity index (χ4n) is 1.93. The van der Waals surface area contributed by atoms with Crippen LogP contribution < -0.4 is 15.4 Å². The monoisotopic (exact) mass is 304 g/mol. The van der Waals surface area contributed by atoms with E-state index in [0.717, 1.165) is 25.1 Å². The number of halogens is 2. The first-order valence-corrected chi connectivity index (χ1v) is 6.42. The predicted molar refractivity (Wildman–Crippen MR) is 78.3 cm³/mol. The molecule has 0 spiro atoms. The number of hydrogen-bond acceptors (Lipinski definition) is 3. The maximum Gasteiger partial charge on any atom is 0.258 e. The molecule has 0 bridgehead atoms. The molecule has 0 aliphatic carbocycles. The van der Waals surface area contributed by atoms with Crippen molar-refractivity contribution in [2.24, 2.45) is 0 Å². The lowest BCUT2D eigenvalue weighted by Crippen LogP contribution is -2.39. The molecule has 1 heterocycles. The molecule has 1 saturated heterocycles. The Labute approximate surface area is 124 Å². The Morgan fingerprint density at radius 1 is 1.58 bits per heavy atom. The maximum absolute atomic E-state index is 11.7. The summed E-state index contributed by atoms with van der Waals surface area (Å²) in [5, 5.41) is 6.77. The highest BCUT2D eigenvalue weighted by Gasteiger charge is 2.16. The molecule has 0 saturated carbocycles. The summed E-state index contributed by atoms with van der Waals surface area (Å²) >= 11 is 5.98. The largest absolute Gasteiger partial charge is 0.483 e. The topological polar surface area (TPSA) is 50.4 Å². The fraction of sp³-hybridized carbons (Fsp3) is 0.462. The highest BCUT2D eigenvalue weighted by molar-refractivity contribution is 6.31. The molecule has 1 aromatic carbocycles. The van der Waals surface area contributed by atoms with E-state index in [9.17, 15) is 4.79 Å². The summed E-state index contributed by atoms with van der Waals surface area (Å²) in [7, 11) is 0. The van der Waals surface area contributed by atoms with Gasteiger partial charge in [-0.15, -0.1) is 12.4 Å². The Hall–Kier alpha value is -0.970. The molecule has 1 aliphatic rings. The van der Waals surface area contributed by atoms with Crippen LogP contribution in [-0.2, 0) is 4.79 Å². The van der Waals surface area contributed by atoms with Crippen molar-refractivity contribution in [2.45, 2.75) is 19.4 Å². The van der Waals surface area contributed by atoms with Gasteiger partial charge < -0.3 is 15.4 Å². The van der Waals surface area contributed by atoms with Crippen molar-refractivity contribution in [3.63, 3.8) is 0 Å². The van der Waals surface area contributed by atoms with Gasteiger partial charge in [-0.25, -0.2) is 0 Å².